The molecule has 0 aliphatic carbocycles. The van der Waals surface area contributed by atoms with Gasteiger partial charge in [0.15, 0.2) is 0 Å². The number of aliphatic hydroxyl groups is 1. The molecular weight excluding hydrogens is 285 g/mol. The van der Waals surface area contributed by atoms with Gasteiger partial charge in [0.25, 0.3) is 0 Å². The monoisotopic (exact) mass is 289 g/mol. The first-order valence-corrected chi connectivity index (χ1v) is 12.2. The summed E-state index contributed by atoms with van der Waals surface area (Å²) in [6.45, 7) is 0.212. The average molecular weight is 292 g/mol. The molecular formula is C3H7Cl4OZr. The Kier molecular flexibility index (Phi) is 19.1. The van der Waals surface area contributed by atoms with E-state index in [2.05, 4.69) is 0 Å². The van der Waals surface area contributed by atoms with Crippen molar-refractivity contribution in [2.75, 3.05) is 12.5 Å². The van der Waals surface area contributed by atoms with Crippen molar-refractivity contribution in [2.45, 2.75) is 6.42 Å². The molecule has 0 aromatic carbocycles. The summed E-state index contributed by atoms with van der Waals surface area (Å²) in [6.07, 6.45) is 0.710. The van der Waals surface area contributed by atoms with Gasteiger partial charge < -0.3 is 5.11 Å². The minimum absolute atomic E-state index is 0.212. The van der Waals surface area contributed by atoms with Gasteiger partial charge in [0, 0.05) is 12.5 Å². The Balaban J connectivity index is 0. The molecule has 0 aromatic heterocycles. The summed E-state index contributed by atoms with van der Waals surface area (Å²) in [5, 5.41) is 7.98. The van der Waals surface area contributed by atoms with Crippen molar-refractivity contribution in [3.05, 3.63) is 0 Å². The van der Waals surface area contributed by atoms with E-state index in [1.165, 1.54) is 0 Å². The Bertz CT molecular complexity index is 40.0. The summed E-state index contributed by atoms with van der Waals surface area (Å²) in [5.74, 6) is 0.566. The van der Waals surface area contributed by atoms with Gasteiger partial charge in [-0.1, -0.05) is 0 Å². The molecule has 1 nitrogen and oxygen atoms in total. The molecule has 0 amide bonds. The predicted molar refractivity (Wildman–Crippen MR) is 40.0 cm³/mol. The van der Waals surface area contributed by atoms with Crippen molar-refractivity contribution in [1.29, 1.82) is 0 Å². The van der Waals surface area contributed by atoms with Crippen molar-refractivity contribution in [1.82, 2.24) is 0 Å². The second-order valence-electron chi connectivity index (χ2n) is 0.980. The van der Waals surface area contributed by atoms with Gasteiger partial charge in [-0.25, -0.2) is 0 Å². The molecule has 0 radical (unpaired) electrons. The number of hydrogen-bond acceptors (Lipinski definition) is 1. The van der Waals surface area contributed by atoms with Crippen LogP contribution in [0.3, 0.4) is 0 Å². The van der Waals surface area contributed by atoms with E-state index in [-0.39, 0.29) is 6.61 Å². The van der Waals surface area contributed by atoms with Crippen molar-refractivity contribution < 1.29 is 23.3 Å². The quantitative estimate of drug-likeness (QED) is 0.776. The van der Waals surface area contributed by atoms with E-state index in [9.17, 15) is 0 Å². The standard InChI is InChI=1S/C3H7ClO.3ClH.Zr/c4-2-1-3-5;;;;/h5H,1-3H2;3*1H;/q;;;;+3/p-3. The normalized spacial score (nSPS) is 7.67. The van der Waals surface area contributed by atoms with Crippen LogP contribution in [0.2, 0.25) is 0 Å². The van der Waals surface area contributed by atoms with Crippen LogP contribution < -0.4 is 0 Å². The fraction of sp³-hybridized carbons (Fsp3) is 1.00. The van der Waals surface area contributed by atoms with Gasteiger partial charge >= 0.3 is 43.7 Å². The fourth-order valence-electron chi connectivity index (χ4n) is 0.0598. The van der Waals surface area contributed by atoms with Crippen LogP contribution >= 0.6 is 37.1 Å². The summed E-state index contributed by atoms with van der Waals surface area (Å²) in [6, 6.07) is 0. The maximum atomic E-state index is 7.98. The molecule has 0 heterocycles. The van der Waals surface area contributed by atoms with Crippen LogP contribution in [0.15, 0.2) is 0 Å². The number of hydrogen-bond donors (Lipinski definition) is 1. The van der Waals surface area contributed by atoms with Crippen LogP contribution in [0.1, 0.15) is 6.42 Å². The molecule has 0 saturated heterocycles. The van der Waals surface area contributed by atoms with E-state index in [0.717, 1.165) is 0 Å². The summed E-state index contributed by atoms with van der Waals surface area (Å²) < 4.78 is 0. The fourth-order valence-corrected chi connectivity index (χ4v) is 0.179. The molecule has 0 unspecified atom stereocenters. The van der Waals surface area contributed by atoms with Crippen LogP contribution in [0.25, 0.3) is 0 Å². The number of halogens is 4. The molecule has 0 aromatic rings. The first kappa shape index (κ1) is 13.6. The Hall–Kier alpha value is 2.00. The van der Waals surface area contributed by atoms with E-state index >= 15 is 0 Å². The Morgan fingerprint density at radius 2 is 1.56 bits per heavy atom. The molecule has 0 fully saturated rings. The Morgan fingerprint density at radius 1 is 1.22 bits per heavy atom. The van der Waals surface area contributed by atoms with E-state index in [4.69, 9.17) is 42.2 Å². The van der Waals surface area contributed by atoms with Gasteiger partial charge in [-0.15, -0.1) is 11.6 Å². The van der Waals surface area contributed by atoms with Crippen LogP contribution in [-0.2, 0) is 18.2 Å². The van der Waals surface area contributed by atoms with Crippen molar-refractivity contribution in [2.24, 2.45) is 0 Å². The molecule has 6 heteroatoms. The van der Waals surface area contributed by atoms with Gasteiger partial charge in [0.1, 0.15) is 0 Å². The second-order valence-corrected chi connectivity index (χ2v) is 12.6. The van der Waals surface area contributed by atoms with Crippen LogP contribution in [0, 0.1) is 0 Å². The maximum absolute atomic E-state index is 7.98. The average Bonchev–Trinajstić information content (AvgIpc) is 1.66. The first-order valence-electron chi connectivity index (χ1n) is 2.15. The summed E-state index contributed by atoms with van der Waals surface area (Å²) in [4.78, 5) is 0. The van der Waals surface area contributed by atoms with Gasteiger partial charge in [0.05, 0.1) is 0 Å². The van der Waals surface area contributed by atoms with Gasteiger partial charge in [-0.2, -0.15) is 0 Å². The van der Waals surface area contributed by atoms with Gasteiger partial charge in [0.2, 0.25) is 0 Å². The molecule has 1 N–H and O–H groups in total. The Morgan fingerprint density at radius 3 is 1.56 bits per heavy atom. The molecule has 0 aliphatic heterocycles. The minimum atomic E-state index is -2.13. The zero-order valence-electron chi connectivity index (χ0n) is 4.58. The van der Waals surface area contributed by atoms with Crippen molar-refractivity contribution in [3.8, 4) is 0 Å². The molecule has 0 bridgehead atoms. The third-order valence-corrected chi connectivity index (χ3v) is 0.559. The number of alkyl halides is 1. The van der Waals surface area contributed by atoms with Crippen LogP contribution in [0.5, 0.6) is 0 Å². The molecule has 0 rings (SSSR count). The molecule has 9 heavy (non-hydrogen) atoms. The third kappa shape index (κ3) is 40.0. The van der Waals surface area contributed by atoms with Gasteiger partial charge in [-0.05, 0) is 6.42 Å². The molecule has 0 saturated carbocycles. The Labute approximate surface area is 78.6 Å². The van der Waals surface area contributed by atoms with E-state index in [1.54, 1.807) is 0 Å². The van der Waals surface area contributed by atoms with E-state index < -0.39 is 18.2 Å². The van der Waals surface area contributed by atoms with Gasteiger partial charge in [-0.3, -0.25) is 0 Å². The first-order chi connectivity index (χ1) is 4.15. The second kappa shape index (κ2) is 12.7. The summed E-state index contributed by atoms with van der Waals surface area (Å²) in [5.41, 5.74) is 0. The molecule has 0 aliphatic rings. The summed E-state index contributed by atoms with van der Waals surface area (Å²) in [7, 11) is 15.0. The van der Waals surface area contributed by atoms with Crippen LogP contribution in [-0.4, -0.2) is 17.6 Å². The number of rotatable bonds is 2. The molecule has 0 atom stereocenters. The summed E-state index contributed by atoms with van der Waals surface area (Å²) >= 11 is 3.01. The van der Waals surface area contributed by atoms with Crippen molar-refractivity contribution >= 4 is 37.1 Å². The van der Waals surface area contributed by atoms with E-state index in [0.29, 0.717) is 12.3 Å². The SMILES string of the molecule is OCCCCl.[Cl][Zr]([Cl])[Cl]. The van der Waals surface area contributed by atoms with Crippen LogP contribution in [0.4, 0.5) is 0 Å². The van der Waals surface area contributed by atoms with Crippen molar-refractivity contribution in [3.63, 3.8) is 0 Å². The number of aliphatic hydroxyl groups excluding tert-OH is 1. The topological polar surface area (TPSA) is 20.2 Å². The predicted octanol–water partition coefficient (Wildman–Crippen LogP) is 2.67. The zero-order chi connectivity index (χ0) is 7.70. The third-order valence-electron chi connectivity index (χ3n) is 0.292. The van der Waals surface area contributed by atoms with E-state index in [1.807, 2.05) is 0 Å². The zero-order valence-corrected chi connectivity index (χ0v) is 10.1. The molecule has 0 spiro atoms. The molecule has 57 valence electrons.